The molecule has 3 rings (SSSR count). The van der Waals surface area contributed by atoms with Crippen LogP contribution in [0.2, 0.25) is 5.02 Å². The molecule has 2 heterocycles. The van der Waals surface area contributed by atoms with Gasteiger partial charge in [0.05, 0.1) is 6.04 Å². The van der Waals surface area contributed by atoms with Crippen molar-refractivity contribution in [2.24, 2.45) is 0 Å². The fourth-order valence-corrected chi connectivity index (χ4v) is 5.73. The van der Waals surface area contributed by atoms with E-state index in [9.17, 15) is 13.2 Å². The maximum absolute atomic E-state index is 12.6. The Morgan fingerprint density at radius 1 is 1.25 bits per heavy atom. The Bertz CT molecular complexity index is 924. The molecule has 1 aliphatic rings. The van der Waals surface area contributed by atoms with Gasteiger partial charge in [-0.05, 0) is 55.8 Å². The predicted molar refractivity (Wildman–Crippen MR) is 114 cm³/mol. The first kappa shape index (κ1) is 21.3. The fourth-order valence-electron chi connectivity index (χ4n) is 3.24. The zero-order valence-corrected chi connectivity index (χ0v) is 18.2. The molecule has 9 heteroatoms. The minimum atomic E-state index is -3.46. The summed E-state index contributed by atoms with van der Waals surface area (Å²) in [6.45, 7) is 5.04. The van der Waals surface area contributed by atoms with Crippen LogP contribution in [0.4, 0.5) is 5.69 Å². The molecule has 2 aromatic rings. The Morgan fingerprint density at radius 2 is 1.96 bits per heavy atom. The number of amides is 1. The molecule has 1 fully saturated rings. The first-order chi connectivity index (χ1) is 13.3. The minimum Gasteiger partial charge on any atom is -0.324 e. The molecule has 6 nitrogen and oxygen atoms in total. The van der Waals surface area contributed by atoms with Crippen molar-refractivity contribution in [1.29, 1.82) is 0 Å². The van der Waals surface area contributed by atoms with E-state index in [0.717, 1.165) is 5.56 Å². The Labute approximate surface area is 174 Å². The third-order valence-electron chi connectivity index (χ3n) is 5.06. The van der Waals surface area contributed by atoms with Gasteiger partial charge in [0.15, 0.2) is 0 Å². The van der Waals surface area contributed by atoms with E-state index in [1.165, 1.54) is 11.3 Å². The van der Waals surface area contributed by atoms with Gasteiger partial charge in [-0.15, -0.1) is 11.3 Å². The summed E-state index contributed by atoms with van der Waals surface area (Å²) in [5.74, 6) is -0.0945. The second kappa shape index (κ2) is 8.92. The molecule has 0 bridgehead atoms. The summed E-state index contributed by atoms with van der Waals surface area (Å²) in [4.78, 5) is 14.7. The summed E-state index contributed by atoms with van der Waals surface area (Å²) in [5, 5.41) is 5.31. The molecule has 28 heavy (non-hydrogen) atoms. The molecule has 1 atom stereocenters. The van der Waals surface area contributed by atoms with E-state index in [0.29, 0.717) is 40.9 Å². The largest absolute Gasteiger partial charge is 0.324 e. The molecule has 1 aromatic carbocycles. The lowest BCUT2D eigenvalue weighted by Gasteiger charge is -2.35. The second-order valence-electron chi connectivity index (χ2n) is 6.94. The van der Waals surface area contributed by atoms with Gasteiger partial charge in [0.2, 0.25) is 15.9 Å². The third-order valence-corrected chi connectivity index (χ3v) is 8.39. The highest BCUT2D eigenvalue weighted by atomic mass is 35.5. The molecule has 1 aromatic heterocycles. The Balaban J connectivity index is 1.54. The van der Waals surface area contributed by atoms with E-state index in [-0.39, 0.29) is 18.0 Å². The molecular weight excluding hydrogens is 418 g/mol. The van der Waals surface area contributed by atoms with Gasteiger partial charge in [-0.25, -0.2) is 13.1 Å². The van der Waals surface area contributed by atoms with Gasteiger partial charge < -0.3 is 5.32 Å². The second-order valence-corrected chi connectivity index (χ2v) is 10.2. The van der Waals surface area contributed by atoms with Crippen molar-refractivity contribution in [3.8, 4) is 0 Å². The number of nitrogens with one attached hydrogen (secondary N) is 2. The zero-order chi connectivity index (χ0) is 20.3. The summed E-state index contributed by atoms with van der Waals surface area (Å²) in [6, 6.07) is 8.33. The molecule has 152 valence electrons. The van der Waals surface area contributed by atoms with Crippen molar-refractivity contribution < 1.29 is 13.2 Å². The normalized spacial score (nSPS) is 17.4. The number of anilines is 1. The van der Waals surface area contributed by atoms with Crippen LogP contribution in [0.1, 0.15) is 25.3 Å². The van der Waals surface area contributed by atoms with Crippen molar-refractivity contribution in [2.45, 2.75) is 43.0 Å². The first-order valence-corrected chi connectivity index (χ1v) is 11.9. The maximum atomic E-state index is 12.6. The SMILES string of the molecule is Cc1c(Cl)cccc1NC(=O)[C@@H](C)N1CCC(NS(=O)(=O)c2cccs2)CC1. The number of carbonyl (C=O) groups excluding carboxylic acids is 1. The first-order valence-electron chi connectivity index (χ1n) is 9.14. The topological polar surface area (TPSA) is 78.5 Å². The zero-order valence-electron chi connectivity index (χ0n) is 15.8. The number of thiophene rings is 1. The van der Waals surface area contributed by atoms with E-state index >= 15 is 0 Å². The highest BCUT2D eigenvalue weighted by molar-refractivity contribution is 7.91. The van der Waals surface area contributed by atoms with Crippen molar-refractivity contribution in [1.82, 2.24) is 9.62 Å². The van der Waals surface area contributed by atoms with Crippen LogP contribution in [0.15, 0.2) is 39.9 Å². The lowest BCUT2D eigenvalue weighted by molar-refractivity contribution is -0.121. The number of piperidine rings is 1. The maximum Gasteiger partial charge on any atom is 0.250 e. The molecule has 1 saturated heterocycles. The monoisotopic (exact) mass is 441 g/mol. The summed E-state index contributed by atoms with van der Waals surface area (Å²) >= 11 is 7.32. The van der Waals surface area contributed by atoms with E-state index < -0.39 is 10.0 Å². The van der Waals surface area contributed by atoms with Crippen LogP contribution in [0.5, 0.6) is 0 Å². The average molecular weight is 442 g/mol. The lowest BCUT2D eigenvalue weighted by Crippen LogP contribution is -2.50. The van der Waals surface area contributed by atoms with Crippen LogP contribution in [0.25, 0.3) is 0 Å². The molecule has 1 amide bonds. The molecule has 0 radical (unpaired) electrons. The van der Waals surface area contributed by atoms with Gasteiger partial charge in [-0.2, -0.15) is 0 Å². The Hall–Kier alpha value is -1.45. The van der Waals surface area contributed by atoms with Crippen LogP contribution >= 0.6 is 22.9 Å². The number of hydrogen-bond donors (Lipinski definition) is 2. The fraction of sp³-hybridized carbons (Fsp3) is 0.421. The molecule has 2 N–H and O–H groups in total. The van der Waals surface area contributed by atoms with Crippen LogP contribution in [-0.4, -0.2) is 44.4 Å². The summed E-state index contributed by atoms with van der Waals surface area (Å²) < 4.78 is 27.8. The van der Waals surface area contributed by atoms with E-state index in [2.05, 4.69) is 14.9 Å². The van der Waals surface area contributed by atoms with Crippen LogP contribution in [0.3, 0.4) is 0 Å². The number of likely N-dealkylation sites (tertiary alicyclic amines) is 1. The molecular formula is C19H24ClN3O3S2. The van der Waals surface area contributed by atoms with E-state index in [1.54, 1.807) is 29.6 Å². The standard InChI is InChI=1S/C19H24ClN3O3S2/c1-13-16(20)5-3-6-17(13)21-19(24)14(2)23-10-8-15(9-11-23)22-28(25,26)18-7-4-12-27-18/h3-7,12,14-15,22H,8-11H2,1-2H3,(H,21,24)/t14-/m1/s1. The quantitative estimate of drug-likeness (QED) is 0.719. The number of sulfonamides is 1. The van der Waals surface area contributed by atoms with Gasteiger partial charge in [0.1, 0.15) is 4.21 Å². The molecule has 0 unspecified atom stereocenters. The number of benzene rings is 1. The van der Waals surface area contributed by atoms with Crippen LogP contribution in [0, 0.1) is 6.92 Å². The average Bonchev–Trinajstić information content (AvgIpc) is 3.21. The summed E-state index contributed by atoms with van der Waals surface area (Å²) in [6.07, 6.45) is 1.33. The lowest BCUT2D eigenvalue weighted by atomic mass is 10.0. The van der Waals surface area contributed by atoms with Crippen molar-refractivity contribution in [3.05, 3.63) is 46.3 Å². The molecule has 0 saturated carbocycles. The number of halogens is 1. The summed E-state index contributed by atoms with van der Waals surface area (Å²) in [7, 11) is -3.46. The number of hydrogen-bond acceptors (Lipinski definition) is 5. The predicted octanol–water partition coefficient (Wildman–Crippen LogP) is 3.48. The van der Waals surface area contributed by atoms with Gasteiger partial charge in [-0.3, -0.25) is 9.69 Å². The van der Waals surface area contributed by atoms with Crippen molar-refractivity contribution in [3.63, 3.8) is 0 Å². The molecule has 1 aliphatic heterocycles. The van der Waals surface area contributed by atoms with Crippen LogP contribution in [-0.2, 0) is 14.8 Å². The summed E-state index contributed by atoms with van der Waals surface area (Å²) in [5.41, 5.74) is 1.55. The van der Waals surface area contributed by atoms with Gasteiger partial charge >= 0.3 is 0 Å². The Morgan fingerprint density at radius 3 is 2.61 bits per heavy atom. The van der Waals surface area contributed by atoms with Gasteiger partial charge in [0, 0.05) is 29.8 Å². The number of nitrogens with zero attached hydrogens (tertiary/aromatic N) is 1. The Kier molecular flexibility index (Phi) is 6.77. The van der Waals surface area contributed by atoms with Crippen molar-refractivity contribution in [2.75, 3.05) is 18.4 Å². The smallest absolute Gasteiger partial charge is 0.250 e. The molecule has 0 spiro atoms. The molecule has 0 aliphatic carbocycles. The minimum absolute atomic E-state index is 0.0945. The highest BCUT2D eigenvalue weighted by Crippen LogP contribution is 2.24. The van der Waals surface area contributed by atoms with E-state index in [4.69, 9.17) is 11.6 Å². The van der Waals surface area contributed by atoms with Gasteiger partial charge in [0.25, 0.3) is 0 Å². The van der Waals surface area contributed by atoms with E-state index in [1.807, 2.05) is 19.9 Å². The van der Waals surface area contributed by atoms with Crippen LogP contribution < -0.4 is 10.0 Å². The number of carbonyl (C=O) groups is 1. The third kappa shape index (κ3) is 4.93. The van der Waals surface area contributed by atoms with Gasteiger partial charge in [-0.1, -0.05) is 23.7 Å². The van der Waals surface area contributed by atoms with Crippen molar-refractivity contribution >= 4 is 44.6 Å². The highest BCUT2D eigenvalue weighted by Gasteiger charge is 2.29. The number of rotatable bonds is 6.